The highest BCUT2D eigenvalue weighted by Gasteiger charge is 2.22. The van der Waals surface area contributed by atoms with E-state index in [9.17, 15) is 14.7 Å². The van der Waals surface area contributed by atoms with E-state index in [1.807, 2.05) is 6.07 Å². The Bertz CT molecular complexity index is 1070. The maximum atomic E-state index is 10.9. The molecule has 11 heteroatoms. The molecule has 2 aromatic carbocycles. The van der Waals surface area contributed by atoms with Gasteiger partial charge in [0, 0.05) is 47.7 Å². The van der Waals surface area contributed by atoms with Gasteiger partial charge in [0.25, 0.3) is 0 Å². The van der Waals surface area contributed by atoms with Gasteiger partial charge in [0.05, 0.1) is 25.4 Å². The van der Waals surface area contributed by atoms with E-state index in [-0.39, 0.29) is 35.9 Å². The van der Waals surface area contributed by atoms with Crippen LogP contribution in [0.2, 0.25) is 0 Å². The van der Waals surface area contributed by atoms with Crippen LogP contribution in [0.3, 0.4) is 0 Å². The first-order valence-corrected chi connectivity index (χ1v) is 18.6. The molecule has 6 N–H and O–H groups in total. The van der Waals surface area contributed by atoms with Crippen molar-refractivity contribution >= 4 is 11.6 Å². The summed E-state index contributed by atoms with van der Waals surface area (Å²) in [7, 11) is 6.79. The Morgan fingerprint density at radius 1 is 0.558 bits per heavy atom. The molecule has 4 saturated carbocycles. The lowest BCUT2D eigenvalue weighted by molar-refractivity contribution is -0.131. The fourth-order valence-electron chi connectivity index (χ4n) is 5.64. The summed E-state index contributed by atoms with van der Waals surface area (Å²) in [6.07, 6.45) is 19.1. The highest BCUT2D eigenvalue weighted by molar-refractivity contribution is 5.83. The molecule has 4 aliphatic carbocycles. The van der Waals surface area contributed by atoms with Crippen molar-refractivity contribution in [1.29, 1.82) is 0 Å². The molecule has 11 nitrogen and oxygen atoms in total. The van der Waals surface area contributed by atoms with E-state index < -0.39 is 0 Å². The quantitative estimate of drug-likeness (QED) is 0.192. The van der Waals surface area contributed by atoms with Crippen molar-refractivity contribution in [3.05, 3.63) is 54.6 Å². The van der Waals surface area contributed by atoms with E-state index in [0.717, 1.165) is 97.7 Å². The molecule has 0 heterocycles. The Morgan fingerprint density at radius 2 is 1.06 bits per heavy atom. The van der Waals surface area contributed by atoms with Crippen LogP contribution >= 0.6 is 0 Å². The monoisotopic (exact) mass is 738 g/mol. The van der Waals surface area contributed by atoms with Crippen LogP contribution in [-0.2, 0) is 19.1 Å². The number of benzene rings is 2. The zero-order valence-electron chi connectivity index (χ0n) is 32.5. The Kier molecular flexibility index (Phi) is 35.6. The summed E-state index contributed by atoms with van der Waals surface area (Å²) in [6, 6.07) is 15.6. The fourth-order valence-corrected chi connectivity index (χ4v) is 5.64. The van der Waals surface area contributed by atoms with Gasteiger partial charge in [-0.2, -0.15) is 0 Å². The molecular formula is C41H70O11. The van der Waals surface area contributed by atoms with Crippen molar-refractivity contribution in [3.63, 3.8) is 0 Å². The molecule has 3 unspecified atom stereocenters. The number of aliphatic hydroxyl groups is 4. The number of aliphatic hydroxyl groups excluding tert-OH is 4. The minimum atomic E-state index is -0.205. The molecule has 52 heavy (non-hydrogen) atoms. The lowest BCUT2D eigenvalue weighted by atomic mass is 9.95. The summed E-state index contributed by atoms with van der Waals surface area (Å²) in [5.74, 6) is 1.76. The van der Waals surface area contributed by atoms with Crippen LogP contribution in [0.5, 0.6) is 17.2 Å². The minimum absolute atomic E-state index is 0.0359. The molecule has 0 saturated heterocycles. The Hall–Kier alpha value is -3.06. The van der Waals surface area contributed by atoms with Crippen LogP contribution in [0.25, 0.3) is 0 Å². The van der Waals surface area contributed by atoms with E-state index in [1.54, 1.807) is 62.8 Å². The lowest BCUT2D eigenvalue weighted by Crippen LogP contribution is -2.30. The van der Waals surface area contributed by atoms with Gasteiger partial charge in [-0.05, 0) is 82.1 Å². The van der Waals surface area contributed by atoms with Crippen molar-refractivity contribution in [2.45, 2.75) is 140 Å². The second kappa shape index (κ2) is 36.3. The number of Topliss-reactive ketones (excluding diaryl/α,β-unsaturated/α-hetero) is 2. The summed E-state index contributed by atoms with van der Waals surface area (Å²) in [5, 5.41) is 49.8. The number of phenolic OH excluding ortho intramolecular Hbond substituents is 2. The number of aromatic hydroxyl groups is 2. The van der Waals surface area contributed by atoms with Crippen LogP contribution in [0.15, 0.2) is 54.6 Å². The van der Waals surface area contributed by atoms with Gasteiger partial charge < -0.3 is 44.8 Å². The summed E-state index contributed by atoms with van der Waals surface area (Å²) in [6.45, 7) is 0. The number of hydrogen-bond acceptors (Lipinski definition) is 11. The van der Waals surface area contributed by atoms with Gasteiger partial charge in [0.15, 0.2) is 17.3 Å². The average Bonchev–Trinajstić information content (AvgIpc) is 3.19. The van der Waals surface area contributed by atoms with E-state index in [2.05, 4.69) is 0 Å². The Balaban J connectivity index is 0. The Labute approximate surface area is 313 Å². The standard InChI is InChI=1S/C7H14O2.C7H12O2.C7H8O2.C6H12O.C6H10O.C6H6O.2CH4O/c3*1-9-7-5-3-2-4-6(7)8;3*7-6-4-2-1-3-5-6;2*1-2/h6-8H,2-5H2,1H3;7H,2-5H2,1H3;2-5,8H,1H3;6-7H,1-5H2;1-5H2;1-5,7H;2*2H,1H3. The number of rotatable bonds is 3. The number of hydrogen-bond donors (Lipinski definition) is 6. The number of carbonyl (C=O) groups is 2. The van der Waals surface area contributed by atoms with Crippen LogP contribution in [0, 0.1) is 0 Å². The number of para-hydroxylation sites is 3. The second-order valence-electron chi connectivity index (χ2n) is 12.5. The van der Waals surface area contributed by atoms with Crippen LogP contribution in [-0.4, -0.2) is 102 Å². The SMILES string of the molecule is CO.CO.COC1CCCCC1=O.COC1CCCCC1O.COc1ccccc1O.O=C1CCCCC1.OC1CCCCC1.Oc1ccccc1. The molecule has 0 amide bonds. The third-order valence-electron chi connectivity index (χ3n) is 8.58. The van der Waals surface area contributed by atoms with E-state index in [1.165, 1.54) is 39.2 Å². The first-order valence-electron chi connectivity index (χ1n) is 18.6. The Morgan fingerprint density at radius 3 is 1.40 bits per heavy atom. The van der Waals surface area contributed by atoms with Crippen LogP contribution in [0.4, 0.5) is 0 Å². The van der Waals surface area contributed by atoms with Gasteiger partial charge in [-0.1, -0.05) is 68.9 Å². The molecule has 2 aromatic rings. The van der Waals surface area contributed by atoms with E-state index in [0.29, 0.717) is 17.3 Å². The maximum absolute atomic E-state index is 10.9. The molecule has 300 valence electrons. The third-order valence-corrected chi connectivity index (χ3v) is 8.58. The fraction of sp³-hybridized carbons (Fsp3) is 0.659. The summed E-state index contributed by atoms with van der Waals surface area (Å²) < 4.78 is 14.8. The molecule has 0 spiro atoms. The second-order valence-corrected chi connectivity index (χ2v) is 12.5. The summed E-state index contributed by atoms with van der Waals surface area (Å²) in [5.41, 5.74) is 0. The average molecular weight is 739 g/mol. The van der Waals surface area contributed by atoms with Gasteiger partial charge in [-0.25, -0.2) is 0 Å². The number of ether oxygens (including phenoxy) is 3. The molecular weight excluding hydrogens is 668 g/mol. The lowest BCUT2D eigenvalue weighted by Gasteiger charge is -2.25. The molecule has 6 rings (SSSR count). The van der Waals surface area contributed by atoms with E-state index in [4.69, 9.17) is 39.7 Å². The largest absolute Gasteiger partial charge is 0.508 e. The van der Waals surface area contributed by atoms with Crippen molar-refractivity contribution in [3.8, 4) is 17.2 Å². The molecule has 3 atom stereocenters. The third kappa shape index (κ3) is 27.6. The maximum Gasteiger partial charge on any atom is 0.161 e. The normalized spacial score (nSPS) is 20.7. The van der Waals surface area contributed by atoms with Gasteiger partial charge in [0.2, 0.25) is 0 Å². The van der Waals surface area contributed by atoms with E-state index >= 15 is 0 Å². The predicted molar refractivity (Wildman–Crippen MR) is 206 cm³/mol. The predicted octanol–water partition coefficient (Wildman–Crippen LogP) is 6.92. The van der Waals surface area contributed by atoms with Crippen molar-refractivity contribution in [2.24, 2.45) is 0 Å². The highest BCUT2D eigenvalue weighted by Crippen LogP contribution is 2.23. The highest BCUT2D eigenvalue weighted by atomic mass is 16.5. The molecule has 4 fully saturated rings. The van der Waals surface area contributed by atoms with Gasteiger partial charge in [-0.3, -0.25) is 9.59 Å². The minimum Gasteiger partial charge on any atom is -0.508 e. The van der Waals surface area contributed by atoms with Crippen LogP contribution < -0.4 is 4.74 Å². The smallest absolute Gasteiger partial charge is 0.161 e. The van der Waals surface area contributed by atoms with Gasteiger partial charge >= 0.3 is 0 Å². The molecule has 0 radical (unpaired) electrons. The number of carbonyl (C=O) groups excluding carboxylic acids is 2. The summed E-state index contributed by atoms with van der Waals surface area (Å²) >= 11 is 0. The zero-order valence-corrected chi connectivity index (χ0v) is 32.5. The van der Waals surface area contributed by atoms with Crippen molar-refractivity contribution in [1.82, 2.24) is 0 Å². The molecule has 0 aliphatic heterocycles. The molecule has 0 bridgehead atoms. The number of phenols is 2. The van der Waals surface area contributed by atoms with Gasteiger partial charge in [-0.15, -0.1) is 0 Å². The van der Waals surface area contributed by atoms with Crippen molar-refractivity contribution < 1.29 is 54.4 Å². The van der Waals surface area contributed by atoms with Crippen LogP contribution in [0.1, 0.15) is 116 Å². The van der Waals surface area contributed by atoms with Crippen molar-refractivity contribution in [2.75, 3.05) is 35.5 Å². The zero-order chi connectivity index (χ0) is 39.4. The number of ketones is 2. The molecule has 4 aliphatic rings. The topological polar surface area (TPSA) is 183 Å². The van der Waals surface area contributed by atoms with Gasteiger partial charge in [0.1, 0.15) is 17.6 Å². The first-order chi connectivity index (χ1) is 25.2. The molecule has 0 aromatic heterocycles. The summed E-state index contributed by atoms with van der Waals surface area (Å²) in [4.78, 5) is 21.4. The first kappa shape index (κ1) is 51.0. The number of methoxy groups -OCH3 is 3.